The molecule has 8 nitrogen and oxygen atoms in total. The van der Waals surface area contributed by atoms with Gasteiger partial charge in [0.05, 0.1) is 19.6 Å². The van der Waals surface area contributed by atoms with Crippen molar-refractivity contribution in [3.8, 4) is 0 Å². The SMILES string of the molecule is CCCCCCCCCCN(CCN(CC(=O)O)CC(=O)O)CC(=O)O. The van der Waals surface area contributed by atoms with Crippen molar-refractivity contribution in [3.05, 3.63) is 0 Å². The van der Waals surface area contributed by atoms with Crippen LogP contribution in [0.4, 0.5) is 0 Å². The van der Waals surface area contributed by atoms with Crippen LogP contribution in [0.25, 0.3) is 0 Å². The van der Waals surface area contributed by atoms with E-state index in [1.54, 1.807) is 4.90 Å². The maximum absolute atomic E-state index is 11.0. The smallest absolute Gasteiger partial charge is 0.317 e. The van der Waals surface area contributed by atoms with Crippen molar-refractivity contribution in [3.63, 3.8) is 0 Å². The first-order valence-corrected chi connectivity index (χ1v) is 9.45. The molecule has 0 saturated heterocycles. The van der Waals surface area contributed by atoms with Crippen LogP contribution in [0.2, 0.25) is 0 Å². The summed E-state index contributed by atoms with van der Waals surface area (Å²) in [6.07, 6.45) is 9.27. The lowest BCUT2D eigenvalue weighted by Crippen LogP contribution is -2.42. The van der Waals surface area contributed by atoms with Gasteiger partial charge in [-0.25, -0.2) is 0 Å². The normalized spacial score (nSPS) is 11.2. The third-order valence-corrected chi connectivity index (χ3v) is 4.14. The Morgan fingerprint density at radius 1 is 0.577 bits per heavy atom. The summed E-state index contributed by atoms with van der Waals surface area (Å²) in [5, 5.41) is 26.7. The van der Waals surface area contributed by atoms with Crippen molar-refractivity contribution < 1.29 is 29.7 Å². The molecule has 0 unspecified atom stereocenters. The standard InChI is InChI=1S/C18H34N2O6/c1-2-3-4-5-6-7-8-9-10-19(13-16(21)22)11-12-20(14-17(23)24)15-18(25)26/h2-15H2,1H3,(H,21,22)(H,23,24)(H,25,26). The third kappa shape index (κ3) is 15.8. The molecule has 0 aliphatic heterocycles. The Kier molecular flexibility index (Phi) is 14.6. The van der Waals surface area contributed by atoms with Crippen molar-refractivity contribution in [1.29, 1.82) is 0 Å². The van der Waals surface area contributed by atoms with Crippen LogP contribution in [0.1, 0.15) is 58.3 Å². The van der Waals surface area contributed by atoms with Gasteiger partial charge in [0.25, 0.3) is 0 Å². The van der Waals surface area contributed by atoms with Gasteiger partial charge in [-0.15, -0.1) is 0 Å². The van der Waals surface area contributed by atoms with Gasteiger partial charge in [-0.3, -0.25) is 24.2 Å². The molecule has 0 saturated carbocycles. The molecule has 0 aliphatic rings. The first kappa shape index (κ1) is 24.3. The molecule has 0 aliphatic carbocycles. The molecule has 3 N–H and O–H groups in total. The van der Waals surface area contributed by atoms with E-state index in [2.05, 4.69) is 6.92 Å². The highest BCUT2D eigenvalue weighted by atomic mass is 16.4. The Morgan fingerprint density at radius 3 is 1.42 bits per heavy atom. The fraction of sp³-hybridized carbons (Fsp3) is 0.833. The number of nitrogens with zero attached hydrogens (tertiary/aromatic N) is 2. The highest BCUT2D eigenvalue weighted by Crippen LogP contribution is 2.09. The van der Waals surface area contributed by atoms with Crippen molar-refractivity contribution in [1.82, 2.24) is 9.80 Å². The Labute approximate surface area is 155 Å². The number of carboxylic acids is 3. The second-order valence-electron chi connectivity index (χ2n) is 6.64. The maximum atomic E-state index is 11.0. The number of unbranched alkanes of at least 4 members (excludes halogenated alkanes) is 7. The fourth-order valence-electron chi connectivity index (χ4n) is 2.81. The lowest BCUT2D eigenvalue weighted by atomic mass is 10.1. The molecule has 8 heteroatoms. The first-order valence-electron chi connectivity index (χ1n) is 9.45. The molecule has 0 aromatic heterocycles. The van der Waals surface area contributed by atoms with E-state index in [9.17, 15) is 14.4 Å². The zero-order valence-electron chi connectivity index (χ0n) is 15.9. The van der Waals surface area contributed by atoms with Gasteiger partial charge in [0, 0.05) is 13.1 Å². The Morgan fingerprint density at radius 2 is 0.962 bits per heavy atom. The predicted octanol–water partition coefficient (Wildman–Crippen LogP) is 1.98. The summed E-state index contributed by atoms with van der Waals surface area (Å²) in [5.74, 6) is -3.13. The summed E-state index contributed by atoms with van der Waals surface area (Å²) in [4.78, 5) is 35.7. The van der Waals surface area contributed by atoms with E-state index in [0.29, 0.717) is 13.1 Å². The average Bonchev–Trinajstić information content (AvgIpc) is 2.53. The number of hydrogen-bond acceptors (Lipinski definition) is 5. The monoisotopic (exact) mass is 374 g/mol. The molecule has 0 rings (SSSR count). The molecule has 0 radical (unpaired) electrons. The van der Waals surface area contributed by atoms with Gasteiger partial charge >= 0.3 is 17.9 Å². The van der Waals surface area contributed by atoms with E-state index >= 15 is 0 Å². The van der Waals surface area contributed by atoms with Gasteiger partial charge in [0.2, 0.25) is 0 Å². The molecule has 0 spiro atoms. The summed E-state index contributed by atoms with van der Waals surface area (Å²) in [6.45, 7) is 2.49. The number of carbonyl (C=O) groups is 3. The highest BCUT2D eigenvalue weighted by Gasteiger charge is 2.16. The highest BCUT2D eigenvalue weighted by molar-refractivity contribution is 5.72. The maximum Gasteiger partial charge on any atom is 0.317 e. The van der Waals surface area contributed by atoms with Gasteiger partial charge in [-0.05, 0) is 13.0 Å². The minimum atomic E-state index is -1.10. The molecule has 0 atom stereocenters. The van der Waals surface area contributed by atoms with Crippen LogP contribution >= 0.6 is 0 Å². The zero-order chi connectivity index (χ0) is 19.8. The van der Waals surface area contributed by atoms with Gasteiger partial charge < -0.3 is 15.3 Å². The molecule has 0 aromatic rings. The molecule has 0 bridgehead atoms. The van der Waals surface area contributed by atoms with Crippen LogP contribution in [0.15, 0.2) is 0 Å². The zero-order valence-corrected chi connectivity index (χ0v) is 15.9. The lowest BCUT2D eigenvalue weighted by Gasteiger charge is -2.24. The van der Waals surface area contributed by atoms with E-state index in [4.69, 9.17) is 15.3 Å². The Balaban J connectivity index is 4.18. The van der Waals surface area contributed by atoms with Crippen LogP contribution in [-0.2, 0) is 14.4 Å². The van der Waals surface area contributed by atoms with Gasteiger partial charge in [0.15, 0.2) is 0 Å². The summed E-state index contributed by atoms with van der Waals surface area (Å²) < 4.78 is 0. The average molecular weight is 374 g/mol. The predicted molar refractivity (Wildman–Crippen MR) is 98.4 cm³/mol. The van der Waals surface area contributed by atoms with Gasteiger partial charge in [0.1, 0.15) is 0 Å². The van der Waals surface area contributed by atoms with Crippen LogP contribution in [0.5, 0.6) is 0 Å². The second kappa shape index (κ2) is 15.6. The van der Waals surface area contributed by atoms with Crippen LogP contribution < -0.4 is 0 Å². The first-order chi connectivity index (χ1) is 12.3. The minimum absolute atomic E-state index is 0.121. The van der Waals surface area contributed by atoms with Gasteiger partial charge in [-0.2, -0.15) is 0 Å². The van der Waals surface area contributed by atoms with E-state index < -0.39 is 17.9 Å². The molecular weight excluding hydrogens is 340 g/mol. The quantitative estimate of drug-likeness (QED) is 0.312. The lowest BCUT2D eigenvalue weighted by molar-refractivity contribution is -0.143. The largest absolute Gasteiger partial charge is 0.480 e. The number of aliphatic carboxylic acids is 3. The van der Waals surface area contributed by atoms with Crippen molar-refractivity contribution in [2.24, 2.45) is 0 Å². The van der Waals surface area contributed by atoms with Crippen molar-refractivity contribution in [2.45, 2.75) is 58.3 Å². The van der Waals surface area contributed by atoms with Crippen molar-refractivity contribution in [2.75, 3.05) is 39.3 Å². The van der Waals surface area contributed by atoms with E-state index in [0.717, 1.165) is 19.3 Å². The second-order valence-corrected chi connectivity index (χ2v) is 6.64. The van der Waals surface area contributed by atoms with E-state index in [1.165, 1.54) is 37.0 Å². The van der Waals surface area contributed by atoms with Crippen LogP contribution in [0, 0.1) is 0 Å². The molecule has 0 heterocycles. The molecule has 152 valence electrons. The fourth-order valence-corrected chi connectivity index (χ4v) is 2.81. The van der Waals surface area contributed by atoms with E-state index in [1.807, 2.05) is 0 Å². The number of carboxylic acid groups (broad SMARTS) is 3. The number of rotatable bonds is 18. The molecule has 0 aromatic carbocycles. The topological polar surface area (TPSA) is 118 Å². The Bertz CT molecular complexity index is 400. The summed E-state index contributed by atoms with van der Waals surface area (Å²) in [6, 6.07) is 0. The van der Waals surface area contributed by atoms with Crippen LogP contribution in [0.3, 0.4) is 0 Å². The molecular formula is C18H34N2O6. The number of hydrogen-bond donors (Lipinski definition) is 3. The molecule has 26 heavy (non-hydrogen) atoms. The molecule has 0 amide bonds. The summed E-state index contributed by atoms with van der Waals surface area (Å²) in [5.41, 5.74) is 0. The minimum Gasteiger partial charge on any atom is -0.480 e. The summed E-state index contributed by atoms with van der Waals surface area (Å²) in [7, 11) is 0. The van der Waals surface area contributed by atoms with E-state index in [-0.39, 0.29) is 26.2 Å². The third-order valence-electron chi connectivity index (χ3n) is 4.14. The van der Waals surface area contributed by atoms with Gasteiger partial charge in [-0.1, -0.05) is 51.9 Å². The van der Waals surface area contributed by atoms with Crippen LogP contribution in [-0.4, -0.2) is 82.3 Å². The Hall–Kier alpha value is -1.67. The molecule has 0 fully saturated rings. The summed E-state index contributed by atoms with van der Waals surface area (Å²) >= 11 is 0. The van der Waals surface area contributed by atoms with Crippen molar-refractivity contribution >= 4 is 17.9 Å².